The third kappa shape index (κ3) is 2.51. The van der Waals surface area contributed by atoms with Crippen LogP contribution in [0.15, 0.2) is 0 Å². The van der Waals surface area contributed by atoms with Crippen LogP contribution in [0, 0.1) is 5.92 Å². The number of carbonyl (C=O) groups is 1. The molecule has 2 nitrogen and oxygen atoms in total. The van der Waals surface area contributed by atoms with E-state index in [4.69, 9.17) is 5.11 Å². The minimum absolute atomic E-state index is 0.316. The molecule has 0 unspecified atom stereocenters. The smallest absolute Gasteiger partial charge is 0.307 e. The maximum absolute atomic E-state index is 9.88. The van der Waals surface area contributed by atoms with Gasteiger partial charge in [0.25, 0.3) is 0 Å². The fourth-order valence-electron chi connectivity index (χ4n) is 0.0781. The first-order chi connectivity index (χ1) is 3.18. The molecule has 0 fully saturated rings. The van der Waals surface area contributed by atoms with Gasteiger partial charge in [0.1, 0.15) is 0 Å². The lowest BCUT2D eigenvalue weighted by Gasteiger charge is -1.95. The summed E-state index contributed by atoms with van der Waals surface area (Å²) in [6, 6.07) is 0. The topological polar surface area (TPSA) is 37.3 Å². The standard InChI is InChI=1S/C4H8O2S/c1-3(2-7)4(5)6/h3,7H,2H2,1H3,(H,5,6)/t3-/m1/s1. The molecular formula is C4H8O2S. The van der Waals surface area contributed by atoms with Crippen molar-refractivity contribution >= 4 is 18.6 Å². The number of hydrogen-bond acceptors (Lipinski definition) is 2. The molecule has 1 atom stereocenters. The zero-order chi connectivity index (χ0) is 5.86. The van der Waals surface area contributed by atoms with Gasteiger partial charge in [-0.1, -0.05) is 6.92 Å². The lowest BCUT2D eigenvalue weighted by Crippen LogP contribution is -2.09. The lowest BCUT2D eigenvalue weighted by atomic mass is 10.2. The van der Waals surface area contributed by atoms with Crippen molar-refractivity contribution in [2.24, 2.45) is 5.92 Å². The van der Waals surface area contributed by atoms with E-state index in [0.717, 1.165) is 0 Å². The van der Waals surface area contributed by atoms with Gasteiger partial charge in [0.05, 0.1) is 5.92 Å². The Morgan fingerprint density at radius 1 is 2.00 bits per heavy atom. The van der Waals surface area contributed by atoms with Crippen LogP contribution in [0.3, 0.4) is 0 Å². The van der Waals surface area contributed by atoms with Gasteiger partial charge >= 0.3 is 5.97 Å². The predicted molar refractivity (Wildman–Crippen MR) is 30.7 cm³/mol. The van der Waals surface area contributed by atoms with Gasteiger partial charge in [-0.3, -0.25) is 4.79 Å². The van der Waals surface area contributed by atoms with Crippen LogP contribution >= 0.6 is 12.6 Å². The molecule has 0 radical (unpaired) electrons. The number of aliphatic carboxylic acids is 1. The average Bonchev–Trinajstić information content (AvgIpc) is 1.65. The zero-order valence-electron chi connectivity index (χ0n) is 4.09. The Balaban J connectivity index is 3.34. The van der Waals surface area contributed by atoms with Gasteiger partial charge in [-0.05, 0) is 0 Å². The minimum Gasteiger partial charge on any atom is -0.481 e. The third-order valence-electron chi connectivity index (χ3n) is 0.695. The summed E-state index contributed by atoms with van der Waals surface area (Å²) >= 11 is 3.77. The fraction of sp³-hybridized carbons (Fsp3) is 0.750. The van der Waals surface area contributed by atoms with E-state index in [1.54, 1.807) is 6.92 Å². The highest BCUT2D eigenvalue weighted by Gasteiger charge is 2.05. The van der Waals surface area contributed by atoms with E-state index in [0.29, 0.717) is 5.75 Å². The second-order valence-electron chi connectivity index (χ2n) is 1.42. The molecule has 0 aromatic rings. The Morgan fingerprint density at radius 3 is 2.43 bits per heavy atom. The molecule has 0 aromatic carbocycles. The van der Waals surface area contributed by atoms with Crippen molar-refractivity contribution < 1.29 is 9.90 Å². The van der Waals surface area contributed by atoms with Crippen LogP contribution < -0.4 is 0 Å². The van der Waals surface area contributed by atoms with Crippen LogP contribution in [0.1, 0.15) is 6.92 Å². The largest absolute Gasteiger partial charge is 0.481 e. The number of carboxylic acid groups (broad SMARTS) is 1. The molecule has 3 heteroatoms. The molecule has 7 heavy (non-hydrogen) atoms. The van der Waals surface area contributed by atoms with Crippen LogP contribution in [-0.4, -0.2) is 16.8 Å². The first kappa shape index (κ1) is 6.82. The molecule has 0 aliphatic rings. The average molecular weight is 120 g/mol. The zero-order valence-corrected chi connectivity index (χ0v) is 4.98. The van der Waals surface area contributed by atoms with Crippen molar-refractivity contribution in [1.82, 2.24) is 0 Å². The maximum Gasteiger partial charge on any atom is 0.307 e. The second-order valence-corrected chi connectivity index (χ2v) is 1.79. The van der Waals surface area contributed by atoms with E-state index < -0.39 is 5.97 Å². The summed E-state index contributed by atoms with van der Waals surface area (Å²) in [5.74, 6) is -0.687. The van der Waals surface area contributed by atoms with E-state index in [9.17, 15) is 4.79 Å². The highest BCUT2D eigenvalue weighted by Crippen LogP contribution is 1.94. The first-order valence-corrected chi connectivity index (χ1v) is 2.65. The third-order valence-corrected chi connectivity index (χ3v) is 1.24. The summed E-state index contributed by atoms with van der Waals surface area (Å²) in [6.45, 7) is 1.62. The first-order valence-electron chi connectivity index (χ1n) is 2.02. The van der Waals surface area contributed by atoms with Gasteiger partial charge in [0.15, 0.2) is 0 Å². The van der Waals surface area contributed by atoms with Crippen LogP contribution in [0.2, 0.25) is 0 Å². The second kappa shape index (κ2) is 2.91. The lowest BCUT2D eigenvalue weighted by molar-refractivity contribution is -0.140. The molecule has 0 aliphatic carbocycles. The SMILES string of the molecule is C[C@H](CS)C(=O)O. The van der Waals surface area contributed by atoms with Crippen LogP contribution in [0.5, 0.6) is 0 Å². The fourth-order valence-corrected chi connectivity index (χ4v) is 0.234. The number of hydrogen-bond donors (Lipinski definition) is 2. The van der Waals surface area contributed by atoms with E-state index in [1.165, 1.54) is 0 Å². The Kier molecular flexibility index (Phi) is 2.83. The van der Waals surface area contributed by atoms with Crippen molar-refractivity contribution in [3.63, 3.8) is 0 Å². The van der Waals surface area contributed by atoms with Gasteiger partial charge in [-0.25, -0.2) is 0 Å². The molecule has 1 N–H and O–H groups in total. The molecule has 42 valence electrons. The molecule has 0 bridgehead atoms. The molecule has 0 saturated heterocycles. The predicted octanol–water partition coefficient (Wildman–Crippen LogP) is 0.637. The van der Waals surface area contributed by atoms with Gasteiger partial charge in [-0.15, -0.1) is 0 Å². The minimum atomic E-state index is -0.782. The quantitative estimate of drug-likeness (QED) is 0.525. The number of rotatable bonds is 2. The molecular weight excluding hydrogens is 112 g/mol. The molecule has 0 aromatic heterocycles. The van der Waals surface area contributed by atoms with Crippen LogP contribution in [0.4, 0.5) is 0 Å². The maximum atomic E-state index is 9.88. The van der Waals surface area contributed by atoms with E-state index in [-0.39, 0.29) is 5.92 Å². The summed E-state index contributed by atoms with van der Waals surface area (Å²) in [5, 5.41) is 8.13. The Morgan fingerprint density at radius 2 is 2.43 bits per heavy atom. The molecule has 0 aliphatic heterocycles. The monoisotopic (exact) mass is 120 g/mol. The van der Waals surface area contributed by atoms with E-state index in [2.05, 4.69) is 12.6 Å². The number of thiol groups is 1. The summed E-state index contributed by atoms with van der Waals surface area (Å²) in [7, 11) is 0. The summed E-state index contributed by atoms with van der Waals surface area (Å²) in [5.41, 5.74) is 0. The summed E-state index contributed by atoms with van der Waals surface area (Å²) < 4.78 is 0. The van der Waals surface area contributed by atoms with Gasteiger partial charge in [0.2, 0.25) is 0 Å². The van der Waals surface area contributed by atoms with Gasteiger partial charge < -0.3 is 5.11 Å². The Hall–Kier alpha value is -0.180. The molecule has 0 amide bonds. The number of carboxylic acids is 1. The van der Waals surface area contributed by atoms with Crippen LogP contribution in [0.25, 0.3) is 0 Å². The van der Waals surface area contributed by atoms with Gasteiger partial charge in [-0.2, -0.15) is 12.6 Å². The van der Waals surface area contributed by atoms with Gasteiger partial charge in [0, 0.05) is 5.75 Å². The van der Waals surface area contributed by atoms with E-state index >= 15 is 0 Å². The molecule has 0 saturated carbocycles. The van der Waals surface area contributed by atoms with E-state index in [1.807, 2.05) is 0 Å². The van der Waals surface area contributed by atoms with Crippen molar-refractivity contribution in [2.75, 3.05) is 5.75 Å². The van der Waals surface area contributed by atoms with Crippen molar-refractivity contribution in [1.29, 1.82) is 0 Å². The Labute approximate surface area is 47.9 Å². The highest BCUT2D eigenvalue weighted by atomic mass is 32.1. The normalized spacial score (nSPS) is 13.4. The van der Waals surface area contributed by atoms with Crippen molar-refractivity contribution in [2.45, 2.75) is 6.92 Å². The molecule has 0 rings (SSSR count). The van der Waals surface area contributed by atoms with Crippen molar-refractivity contribution in [3.8, 4) is 0 Å². The molecule has 0 spiro atoms. The van der Waals surface area contributed by atoms with Crippen LogP contribution in [-0.2, 0) is 4.79 Å². The Bertz CT molecular complexity index is 72.1. The summed E-state index contributed by atoms with van der Waals surface area (Å²) in [6.07, 6.45) is 0. The summed E-state index contributed by atoms with van der Waals surface area (Å²) in [4.78, 5) is 9.88. The molecule has 0 heterocycles. The van der Waals surface area contributed by atoms with Crippen molar-refractivity contribution in [3.05, 3.63) is 0 Å². The highest BCUT2D eigenvalue weighted by molar-refractivity contribution is 7.80.